The molecule has 122 valence electrons. The van der Waals surface area contributed by atoms with Crippen LogP contribution in [0.1, 0.15) is 44.3 Å². The maximum Gasteiger partial charge on any atom is 0.256 e. The summed E-state index contributed by atoms with van der Waals surface area (Å²) in [5.74, 6) is -0.159. The second-order valence-electron chi connectivity index (χ2n) is 5.34. The second kappa shape index (κ2) is 7.42. The largest absolute Gasteiger partial charge is 0.339 e. The molecule has 1 N–H and O–H groups in total. The summed E-state index contributed by atoms with van der Waals surface area (Å²) in [5.41, 5.74) is 1.91. The number of hydrogen-bond donors (Lipinski definition) is 1. The molecule has 0 bridgehead atoms. The van der Waals surface area contributed by atoms with Gasteiger partial charge >= 0.3 is 0 Å². The van der Waals surface area contributed by atoms with E-state index in [2.05, 4.69) is 5.32 Å². The molecule has 4 nitrogen and oxygen atoms in total. The van der Waals surface area contributed by atoms with E-state index in [1.807, 2.05) is 33.8 Å². The number of benzene rings is 1. The number of nitrogens with one attached hydrogen (secondary N) is 1. The van der Waals surface area contributed by atoms with Crippen LogP contribution >= 0.6 is 11.3 Å². The van der Waals surface area contributed by atoms with E-state index in [1.54, 1.807) is 40.5 Å². The molecule has 0 aliphatic heterocycles. The number of nitrogens with zero attached hydrogens (tertiary/aromatic N) is 1. The maximum absolute atomic E-state index is 12.4. The van der Waals surface area contributed by atoms with Crippen molar-refractivity contribution in [1.29, 1.82) is 0 Å². The van der Waals surface area contributed by atoms with Gasteiger partial charge in [-0.1, -0.05) is 6.07 Å². The molecule has 0 radical (unpaired) electrons. The SMILES string of the molecule is CCN(CC)C(=O)c1cccc(NC(=O)c2cc(C)sc2C)c1. The minimum Gasteiger partial charge on any atom is -0.339 e. The molecule has 1 aromatic heterocycles. The normalized spacial score (nSPS) is 10.4. The smallest absolute Gasteiger partial charge is 0.256 e. The molecule has 0 saturated heterocycles. The Morgan fingerprint density at radius 2 is 1.83 bits per heavy atom. The fourth-order valence-electron chi connectivity index (χ4n) is 2.48. The van der Waals surface area contributed by atoms with E-state index in [4.69, 9.17) is 0 Å². The summed E-state index contributed by atoms with van der Waals surface area (Å²) in [4.78, 5) is 28.6. The standard InChI is InChI=1S/C18H22N2O2S/c1-5-20(6-2)18(22)14-8-7-9-15(11-14)19-17(21)16-10-12(3)23-13(16)4/h7-11H,5-6H2,1-4H3,(H,19,21). The molecule has 23 heavy (non-hydrogen) atoms. The highest BCUT2D eigenvalue weighted by Crippen LogP contribution is 2.22. The average molecular weight is 330 g/mol. The maximum atomic E-state index is 12.4. The van der Waals surface area contributed by atoms with Gasteiger partial charge in [0.15, 0.2) is 0 Å². The van der Waals surface area contributed by atoms with E-state index in [0.29, 0.717) is 29.9 Å². The molecule has 0 aliphatic carbocycles. The van der Waals surface area contributed by atoms with Crippen LogP contribution in [0.5, 0.6) is 0 Å². The van der Waals surface area contributed by atoms with Crippen LogP contribution < -0.4 is 5.32 Å². The van der Waals surface area contributed by atoms with E-state index in [0.717, 1.165) is 9.75 Å². The molecule has 0 saturated carbocycles. The van der Waals surface area contributed by atoms with Crippen LogP contribution in [-0.4, -0.2) is 29.8 Å². The average Bonchev–Trinajstić information content (AvgIpc) is 2.87. The number of carbonyl (C=O) groups is 2. The molecule has 0 spiro atoms. The summed E-state index contributed by atoms with van der Waals surface area (Å²) >= 11 is 1.60. The van der Waals surface area contributed by atoms with Gasteiger partial charge in [-0.25, -0.2) is 0 Å². The molecule has 0 fully saturated rings. The molecule has 5 heteroatoms. The Hall–Kier alpha value is -2.14. The van der Waals surface area contributed by atoms with Crippen LogP contribution in [0.25, 0.3) is 0 Å². The van der Waals surface area contributed by atoms with Gasteiger partial charge in [0, 0.05) is 34.1 Å². The molecule has 0 aliphatic rings. The monoisotopic (exact) mass is 330 g/mol. The van der Waals surface area contributed by atoms with Crippen molar-refractivity contribution in [2.24, 2.45) is 0 Å². The molecular formula is C18H22N2O2S. The highest BCUT2D eigenvalue weighted by Gasteiger charge is 2.15. The van der Waals surface area contributed by atoms with Crippen LogP contribution in [0.15, 0.2) is 30.3 Å². The lowest BCUT2D eigenvalue weighted by molar-refractivity contribution is 0.0772. The van der Waals surface area contributed by atoms with Crippen LogP contribution in [0, 0.1) is 13.8 Å². The quantitative estimate of drug-likeness (QED) is 0.897. The third-order valence-electron chi connectivity index (χ3n) is 3.70. The van der Waals surface area contributed by atoms with Crippen LogP contribution in [0.3, 0.4) is 0 Å². The minimum atomic E-state index is -0.140. The summed E-state index contributed by atoms with van der Waals surface area (Å²) in [6, 6.07) is 8.98. The summed E-state index contributed by atoms with van der Waals surface area (Å²) in [7, 11) is 0. The first-order chi connectivity index (χ1) is 11.0. The number of carbonyl (C=O) groups excluding carboxylic acids is 2. The van der Waals surface area contributed by atoms with Gasteiger partial charge in [-0.3, -0.25) is 9.59 Å². The van der Waals surface area contributed by atoms with Gasteiger partial charge in [0.25, 0.3) is 11.8 Å². The first-order valence-corrected chi connectivity index (χ1v) is 8.55. The second-order valence-corrected chi connectivity index (χ2v) is 6.80. The first kappa shape index (κ1) is 17.2. The number of anilines is 1. The van der Waals surface area contributed by atoms with Gasteiger partial charge < -0.3 is 10.2 Å². The van der Waals surface area contributed by atoms with E-state index in [-0.39, 0.29) is 11.8 Å². The molecule has 2 amide bonds. The molecule has 0 atom stereocenters. The number of rotatable bonds is 5. The zero-order valence-corrected chi connectivity index (χ0v) is 14.8. The number of hydrogen-bond acceptors (Lipinski definition) is 3. The Kier molecular flexibility index (Phi) is 5.55. The third-order valence-corrected chi connectivity index (χ3v) is 4.67. The van der Waals surface area contributed by atoms with Crippen molar-refractivity contribution in [2.75, 3.05) is 18.4 Å². The van der Waals surface area contributed by atoms with Crippen molar-refractivity contribution in [1.82, 2.24) is 4.90 Å². The van der Waals surface area contributed by atoms with E-state index < -0.39 is 0 Å². The van der Waals surface area contributed by atoms with Gasteiger partial charge in [0.2, 0.25) is 0 Å². The van der Waals surface area contributed by atoms with E-state index in [9.17, 15) is 9.59 Å². The first-order valence-electron chi connectivity index (χ1n) is 7.74. The topological polar surface area (TPSA) is 49.4 Å². The number of amides is 2. The molecule has 0 unspecified atom stereocenters. The Bertz CT molecular complexity index is 718. The molecule has 2 aromatic rings. The molecular weight excluding hydrogens is 308 g/mol. The van der Waals surface area contributed by atoms with Crippen LogP contribution in [-0.2, 0) is 0 Å². The third kappa shape index (κ3) is 3.99. The highest BCUT2D eigenvalue weighted by atomic mass is 32.1. The lowest BCUT2D eigenvalue weighted by Gasteiger charge is -2.19. The predicted molar refractivity (Wildman–Crippen MR) is 95.4 cm³/mol. The van der Waals surface area contributed by atoms with Gasteiger partial charge in [-0.2, -0.15) is 0 Å². The zero-order valence-electron chi connectivity index (χ0n) is 14.0. The van der Waals surface area contributed by atoms with Gasteiger partial charge in [0.05, 0.1) is 5.56 Å². The number of aryl methyl sites for hydroxylation is 2. The Balaban J connectivity index is 2.18. The fourth-order valence-corrected chi connectivity index (χ4v) is 3.40. The minimum absolute atomic E-state index is 0.0198. The van der Waals surface area contributed by atoms with E-state index >= 15 is 0 Å². The predicted octanol–water partition coefficient (Wildman–Crippen LogP) is 4.10. The Morgan fingerprint density at radius 3 is 2.39 bits per heavy atom. The van der Waals surface area contributed by atoms with Crippen molar-refractivity contribution in [3.63, 3.8) is 0 Å². The van der Waals surface area contributed by atoms with Crippen LogP contribution in [0.4, 0.5) is 5.69 Å². The van der Waals surface area contributed by atoms with Gasteiger partial charge in [-0.15, -0.1) is 11.3 Å². The lowest BCUT2D eigenvalue weighted by atomic mass is 10.1. The highest BCUT2D eigenvalue weighted by molar-refractivity contribution is 7.12. The lowest BCUT2D eigenvalue weighted by Crippen LogP contribution is -2.30. The Labute approximate surface area is 141 Å². The molecule has 1 aromatic carbocycles. The van der Waals surface area contributed by atoms with Crippen molar-refractivity contribution >= 4 is 28.8 Å². The van der Waals surface area contributed by atoms with Crippen LogP contribution in [0.2, 0.25) is 0 Å². The Morgan fingerprint density at radius 1 is 1.13 bits per heavy atom. The van der Waals surface area contributed by atoms with Gasteiger partial charge in [-0.05, 0) is 52.0 Å². The van der Waals surface area contributed by atoms with Crippen molar-refractivity contribution in [3.8, 4) is 0 Å². The molecule has 1 heterocycles. The fraction of sp³-hybridized carbons (Fsp3) is 0.333. The summed E-state index contributed by atoms with van der Waals surface area (Å²) < 4.78 is 0. The number of thiophene rings is 1. The summed E-state index contributed by atoms with van der Waals surface area (Å²) in [6.07, 6.45) is 0. The van der Waals surface area contributed by atoms with E-state index in [1.165, 1.54) is 0 Å². The zero-order chi connectivity index (χ0) is 17.0. The summed E-state index contributed by atoms with van der Waals surface area (Å²) in [6.45, 7) is 9.16. The van der Waals surface area contributed by atoms with Crippen molar-refractivity contribution in [2.45, 2.75) is 27.7 Å². The molecule has 2 rings (SSSR count). The van der Waals surface area contributed by atoms with Gasteiger partial charge in [0.1, 0.15) is 0 Å². The van der Waals surface area contributed by atoms with Crippen molar-refractivity contribution < 1.29 is 9.59 Å². The summed E-state index contributed by atoms with van der Waals surface area (Å²) in [5, 5.41) is 2.88. The van der Waals surface area contributed by atoms with Crippen molar-refractivity contribution in [3.05, 3.63) is 51.2 Å².